The number of hydrogen-bond acceptors (Lipinski definition) is 2. The molecule has 26 heavy (non-hydrogen) atoms. The summed E-state index contributed by atoms with van der Waals surface area (Å²) in [7, 11) is 0. The zero-order valence-corrected chi connectivity index (χ0v) is 14.9. The van der Waals surface area contributed by atoms with Crippen LogP contribution in [0.1, 0.15) is 15.9 Å². The maximum atomic E-state index is 13.8. The number of nitrogens with zero attached hydrogens (tertiary/aromatic N) is 1. The first-order valence-corrected chi connectivity index (χ1v) is 8.40. The number of anilines is 1. The Balaban J connectivity index is 1.86. The number of pyridine rings is 1. The Labute approximate surface area is 158 Å². The maximum absolute atomic E-state index is 13.8. The molecule has 1 amide bonds. The molecule has 3 rings (SSSR count). The molecule has 0 saturated heterocycles. The van der Waals surface area contributed by atoms with Gasteiger partial charge >= 0.3 is 0 Å². The first kappa shape index (κ1) is 18.2. The Hall–Kier alpha value is -2.63. The van der Waals surface area contributed by atoms with Crippen LogP contribution in [0.15, 0.2) is 65.6 Å². The van der Waals surface area contributed by atoms with E-state index in [1.165, 1.54) is 35.0 Å². The molecular weight excluding hydrogens is 378 g/mol. The highest BCUT2D eigenvalue weighted by molar-refractivity contribution is 6.36. The summed E-state index contributed by atoms with van der Waals surface area (Å²) in [5, 5.41) is 3.40. The minimum absolute atomic E-state index is 0.0222. The second-order valence-electron chi connectivity index (χ2n) is 5.55. The normalized spacial score (nSPS) is 10.6. The van der Waals surface area contributed by atoms with Crippen molar-refractivity contribution in [2.75, 3.05) is 5.32 Å². The number of hydrogen-bond donors (Lipinski definition) is 1. The second kappa shape index (κ2) is 7.72. The third-order valence-electron chi connectivity index (χ3n) is 3.72. The van der Waals surface area contributed by atoms with Crippen LogP contribution in [-0.2, 0) is 6.54 Å². The molecule has 3 aromatic rings. The molecule has 132 valence electrons. The van der Waals surface area contributed by atoms with Gasteiger partial charge in [0.1, 0.15) is 5.82 Å². The largest absolute Gasteiger partial charge is 0.321 e. The quantitative estimate of drug-likeness (QED) is 0.707. The molecule has 1 heterocycles. The summed E-state index contributed by atoms with van der Waals surface area (Å²) in [4.78, 5) is 24.5. The van der Waals surface area contributed by atoms with Crippen LogP contribution >= 0.6 is 23.2 Å². The number of rotatable bonds is 4. The lowest BCUT2D eigenvalue weighted by Gasteiger charge is -2.10. The highest BCUT2D eigenvalue weighted by Gasteiger charge is 2.11. The average Bonchev–Trinajstić information content (AvgIpc) is 2.61. The third kappa shape index (κ3) is 4.12. The van der Waals surface area contributed by atoms with Gasteiger partial charge in [0, 0.05) is 22.8 Å². The van der Waals surface area contributed by atoms with E-state index >= 15 is 0 Å². The van der Waals surface area contributed by atoms with Gasteiger partial charge in [-0.2, -0.15) is 0 Å². The number of aromatic nitrogens is 1. The van der Waals surface area contributed by atoms with E-state index in [4.69, 9.17) is 23.2 Å². The smallest absolute Gasteiger partial charge is 0.257 e. The lowest BCUT2D eigenvalue weighted by Crippen LogP contribution is -2.23. The van der Waals surface area contributed by atoms with E-state index in [9.17, 15) is 14.0 Å². The minimum Gasteiger partial charge on any atom is -0.321 e. The molecule has 0 aliphatic heterocycles. The summed E-state index contributed by atoms with van der Waals surface area (Å²) in [5.74, 6) is -0.862. The van der Waals surface area contributed by atoms with E-state index < -0.39 is 11.7 Å². The fourth-order valence-corrected chi connectivity index (χ4v) is 2.84. The number of halogens is 3. The Kier molecular flexibility index (Phi) is 5.40. The van der Waals surface area contributed by atoms with Crippen LogP contribution in [-0.4, -0.2) is 10.5 Å². The van der Waals surface area contributed by atoms with Crippen LogP contribution in [0.25, 0.3) is 0 Å². The molecule has 0 aliphatic rings. The maximum Gasteiger partial charge on any atom is 0.257 e. The zero-order chi connectivity index (χ0) is 18.7. The number of benzene rings is 2. The van der Waals surface area contributed by atoms with Crippen molar-refractivity contribution in [2.24, 2.45) is 0 Å². The molecule has 0 spiro atoms. The average molecular weight is 391 g/mol. The van der Waals surface area contributed by atoms with Crippen LogP contribution in [0, 0.1) is 5.82 Å². The van der Waals surface area contributed by atoms with Crippen LogP contribution < -0.4 is 10.9 Å². The molecule has 0 atom stereocenters. The van der Waals surface area contributed by atoms with Gasteiger partial charge in [-0.05, 0) is 30.3 Å². The monoisotopic (exact) mass is 390 g/mol. The summed E-state index contributed by atoms with van der Waals surface area (Å²) in [6, 6.07) is 13.5. The lowest BCUT2D eigenvalue weighted by atomic mass is 10.2. The summed E-state index contributed by atoms with van der Waals surface area (Å²) < 4.78 is 15.1. The van der Waals surface area contributed by atoms with Gasteiger partial charge in [0.15, 0.2) is 0 Å². The summed E-state index contributed by atoms with van der Waals surface area (Å²) >= 11 is 11.9. The van der Waals surface area contributed by atoms with Crippen molar-refractivity contribution in [1.82, 2.24) is 4.57 Å². The van der Waals surface area contributed by atoms with Crippen molar-refractivity contribution in [3.63, 3.8) is 0 Å². The van der Waals surface area contributed by atoms with Gasteiger partial charge in [-0.25, -0.2) is 4.39 Å². The number of amides is 1. The summed E-state index contributed by atoms with van der Waals surface area (Å²) in [5.41, 5.74) is 0.655. The van der Waals surface area contributed by atoms with Crippen molar-refractivity contribution in [1.29, 1.82) is 0 Å². The molecule has 0 aliphatic carbocycles. The molecule has 2 aromatic carbocycles. The standard InChI is InChI=1S/C19H13Cl2FN2O2/c20-14-6-7-17(15(21)9-14)23-19(26)13-5-8-18(25)24(11-13)10-12-3-1-2-4-16(12)22/h1-9,11H,10H2,(H,23,26). The number of carbonyl (C=O) groups excluding carboxylic acids is 1. The lowest BCUT2D eigenvalue weighted by molar-refractivity contribution is 0.102. The fraction of sp³-hybridized carbons (Fsp3) is 0.0526. The molecule has 1 aromatic heterocycles. The molecule has 0 fully saturated rings. The Morgan fingerprint density at radius 1 is 1.08 bits per heavy atom. The van der Waals surface area contributed by atoms with Crippen LogP contribution in [0.5, 0.6) is 0 Å². The van der Waals surface area contributed by atoms with Crippen LogP contribution in [0.3, 0.4) is 0 Å². The third-order valence-corrected chi connectivity index (χ3v) is 4.27. The van der Waals surface area contributed by atoms with E-state index in [0.29, 0.717) is 21.3 Å². The van der Waals surface area contributed by atoms with Gasteiger partial charge in [-0.3, -0.25) is 9.59 Å². The van der Waals surface area contributed by atoms with E-state index in [2.05, 4.69) is 5.32 Å². The Bertz CT molecular complexity index is 1030. The zero-order valence-electron chi connectivity index (χ0n) is 13.4. The van der Waals surface area contributed by atoms with Gasteiger partial charge in [0.05, 0.1) is 22.8 Å². The van der Waals surface area contributed by atoms with Crippen molar-refractivity contribution in [3.05, 3.63) is 98.1 Å². The molecular formula is C19H13Cl2FN2O2. The van der Waals surface area contributed by atoms with E-state index in [0.717, 1.165) is 0 Å². The van der Waals surface area contributed by atoms with Crippen molar-refractivity contribution < 1.29 is 9.18 Å². The van der Waals surface area contributed by atoms with Crippen molar-refractivity contribution >= 4 is 34.8 Å². The van der Waals surface area contributed by atoms with Gasteiger partial charge in [0.2, 0.25) is 0 Å². The van der Waals surface area contributed by atoms with E-state index in [1.807, 2.05) is 0 Å². The SMILES string of the molecule is O=C(Nc1ccc(Cl)cc1Cl)c1ccc(=O)n(Cc2ccccc2F)c1. The molecule has 0 saturated carbocycles. The van der Waals surface area contributed by atoms with Crippen molar-refractivity contribution in [3.8, 4) is 0 Å². The summed E-state index contributed by atoms with van der Waals surface area (Å²) in [6.07, 6.45) is 1.38. The molecule has 4 nitrogen and oxygen atoms in total. The molecule has 0 bridgehead atoms. The predicted octanol–water partition coefficient (Wildman–Crippen LogP) is 4.59. The second-order valence-corrected chi connectivity index (χ2v) is 6.40. The van der Waals surface area contributed by atoms with Crippen LogP contribution in [0.2, 0.25) is 10.0 Å². The van der Waals surface area contributed by atoms with Gasteiger partial charge in [-0.1, -0.05) is 41.4 Å². The highest BCUT2D eigenvalue weighted by Crippen LogP contribution is 2.25. The van der Waals surface area contributed by atoms with Gasteiger partial charge in [0.25, 0.3) is 11.5 Å². The minimum atomic E-state index is -0.448. The van der Waals surface area contributed by atoms with Gasteiger partial charge < -0.3 is 9.88 Å². The van der Waals surface area contributed by atoms with Crippen molar-refractivity contribution in [2.45, 2.75) is 6.54 Å². The van der Waals surface area contributed by atoms with Gasteiger partial charge in [-0.15, -0.1) is 0 Å². The van der Waals surface area contributed by atoms with E-state index in [-0.39, 0.29) is 17.7 Å². The molecule has 1 N–H and O–H groups in total. The first-order valence-electron chi connectivity index (χ1n) is 7.64. The Morgan fingerprint density at radius 2 is 1.85 bits per heavy atom. The fourth-order valence-electron chi connectivity index (χ4n) is 2.38. The topological polar surface area (TPSA) is 51.1 Å². The first-order chi connectivity index (χ1) is 12.4. The molecule has 0 radical (unpaired) electrons. The van der Waals surface area contributed by atoms with E-state index in [1.54, 1.807) is 30.3 Å². The summed E-state index contributed by atoms with van der Waals surface area (Å²) in [6.45, 7) is 0.0222. The molecule has 0 unspecified atom stereocenters. The molecule has 7 heteroatoms. The predicted molar refractivity (Wildman–Crippen MR) is 101 cm³/mol. The number of carbonyl (C=O) groups is 1. The Morgan fingerprint density at radius 3 is 2.58 bits per heavy atom. The number of nitrogens with one attached hydrogen (secondary N) is 1. The van der Waals surface area contributed by atoms with Crippen LogP contribution in [0.4, 0.5) is 10.1 Å². The highest BCUT2D eigenvalue weighted by atomic mass is 35.5.